The van der Waals surface area contributed by atoms with Gasteiger partial charge in [-0.05, 0) is 31.2 Å². The monoisotopic (exact) mass is 334 g/mol. The Morgan fingerprint density at radius 1 is 1.10 bits per heavy atom. The van der Waals surface area contributed by atoms with Crippen molar-refractivity contribution >= 4 is 25.5 Å². The molecule has 0 aromatic heterocycles. The van der Waals surface area contributed by atoms with E-state index in [1.807, 2.05) is 0 Å². The van der Waals surface area contributed by atoms with Gasteiger partial charge in [0.15, 0.2) is 9.84 Å². The summed E-state index contributed by atoms with van der Waals surface area (Å²) in [5.74, 6) is 0.153. The molecule has 0 amide bonds. The number of sulfone groups is 1. The van der Waals surface area contributed by atoms with Crippen LogP contribution in [0.3, 0.4) is 0 Å². The number of hydrogen-bond donors (Lipinski definition) is 1. The molecule has 1 N–H and O–H groups in total. The van der Waals surface area contributed by atoms with Crippen molar-refractivity contribution in [2.24, 2.45) is 0 Å². The minimum Gasteiger partial charge on any atom is -0.382 e. The van der Waals surface area contributed by atoms with Gasteiger partial charge in [-0.2, -0.15) is 0 Å². The van der Waals surface area contributed by atoms with Gasteiger partial charge in [-0.1, -0.05) is 6.92 Å². The Labute approximate surface area is 127 Å². The van der Waals surface area contributed by atoms with Gasteiger partial charge in [-0.3, -0.25) is 0 Å². The number of hydrogen-bond acceptors (Lipinski definition) is 5. The zero-order valence-corrected chi connectivity index (χ0v) is 14.3. The van der Waals surface area contributed by atoms with Crippen LogP contribution in [0.1, 0.15) is 13.8 Å². The molecule has 1 atom stereocenters. The van der Waals surface area contributed by atoms with Gasteiger partial charge in [0.05, 0.1) is 10.6 Å². The second kappa shape index (κ2) is 6.76. The molecule has 21 heavy (non-hydrogen) atoms. The summed E-state index contributed by atoms with van der Waals surface area (Å²) in [5, 5.41) is 3.05. The SMILES string of the molecule is CCS(=O)(=O)CC(C)Nc1ccc(S(=O)(=O)N(C)C)cc1. The van der Waals surface area contributed by atoms with Crippen molar-refractivity contribution in [1.82, 2.24) is 4.31 Å². The predicted octanol–water partition coefficient (Wildman–Crippen LogP) is 1.17. The van der Waals surface area contributed by atoms with E-state index in [1.165, 1.54) is 26.2 Å². The summed E-state index contributed by atoms with van der Waals surface area (Å²) in [4.78, 5) is 0.201. The maximum absolute atomic E-state index is 11.9. The Balaban J connectivity index is 2.81. The lowest BCUT2D eigenvalue weighted by molar-refractivity contribution is 0.521. The Kier molecular flexibility index (Phi) is 5.77. The molecule has 8 heteroatoms. The second-order valence-corrected chi connectivity index (χ2v) is 9.61. The quantitative estimate of drug-likeness (QED) is 0.809. The van der Waals surface area contributed by atoms with Crippen molar-refractivity contribution in [3.8, 4) is 0 Å². The third-order valence-corrected chi connectivity index (χ3v) is 6.71. The van der Waals surface area contributed by atoms with Crippen molar-refractivity contribution in [3.05, 3.63) is 24.3 Å². The van der Waals surface area contributed by atoms with E-state index in [1.54, 1.807) is 26.0 Å². The average Bonchev–Trinajstić information content (AvgIpc) is 2.38. The molecule has 0 saturated heterocycles. The number of anilines is 1. The minimum absolute atomic E-state index is 0.0429. The molecule has 6 nitrogen and oxygen atoms in total. The normalized spacial score (nSPS) is 14.1. The van der Waals surface area contributed by atoms with Gasteiger partial charge in [0.2, 0.25) is 10.0 Å². The second-order valence-electron chi connectivity index (χ2n) is 5.06. The van der Waals surface area contributed by atoms with Crippen molar-refractivity contribution in [3.63, 3.8) is 0 Å². The molecule has 1 unspecified atom stereocenters. The standard InChI is InChI=1S/C13H22N2O4S2/c1-5-20(16,17)10-11(2)14-12-6-8-13(9-7-12)21(18,19)15(3)4/h6-9,11,14H,5,10H2,1-4H3. The number of rotatable bonds is 7. The van der Waals surface area contributed by atoms with Crippen LogP contribution in [-0.2, 0) is 19.9 Å². The lowest BCUT2D eigenvalue weighted by Gasteiger charge is -2.16. The number of nitrogens with one attached hydrogen (secondary N) is 1. The summed E-state index contributed by atoms with van der Waals surface area (Å²) in [6, 6.07) is 6.01. The maximum Gasteiger partial charge on any atom is 0.242 e. The fourth-order valence-corrected chi connectivity index (χ4v) is 3.74. The smallest absolute Gasteiger partial charge is 0.242 e. The van der Waals surface area contributed by atoms with E-state index in [4.69, 9.17) is 0 Å². The van der Waals surface area contributed by atoms with Crippen molar-refractivity contribution < 1.29 is 16.8 Å². The first-order valence-corrected chi connectivity index (χ1v) is 9.84. The van der Waals surface area contributed by atoms with Crippen LogP contribution in [0.2, 0.25) is 0 Å². The number of nitrogens with zero attached hydrogens (tertiary/aromatic N) is 1. The van der Waals surface area contributed by atoms with Crippen LogP contribution in [0.5, 0.6) is 0 Å². The third-order valence-electron chi connectivity index (χ3n) is 2.99. The van der Waals surface area contributed by atoms with Gasteiger partial charge in [-0.15, -0.1) is 0 Å². The highest BCUT2D eigenvalue weighted by molar-refractivity contribution is 7.91. The summed E-state index contributed by atoms with van der Waals surface area (Å²) in [6.07, 6.45) is 0. The average molecular weight is 334 g/mol. The van der Waals surface area contributed by atoms with Gasteiger partial charge >= 0.3 is 0 Å². The minimum atomic E-state index is -3.45. The highest BCUT2D eigenvalue weighted by Crippen LogP contribution is 2.17. The molecule has 1 aromatic rings. The number of sulfonamides is 1. The fraction of sp³-hybridized carbons (Fsp3) is 0.538. The van der Waals surface area contributed by atoms with Gasteiger partial charge in [0.1, 0.15) is 0 Å². The van der Waals surface area contributed by atoms with E-state index in [0.29, 0.717) is 5.69 Å². The summed E-state index contributed by atoms with van der Waals surface area (Å²) in [6.45, 7) is 3.39. The van der Waals surface area contributed by atoms with Crippen LogP contribution in [0.25, 0.3) is 0 Å². The first-order chi connectivity index (χ1) is 9.58. The van der Waals surface area contributed by atoms with Crippen LogP contribution in [-0.4, -0.2) is 52.8 Å². The molecule has 0 saturated carbocycles. The van der Waals surface area contributed by atoms with E-state index in [2.05, 4.69) is 5.32 Å². The summed E-state index contributed by atoms with van der Waals surface area (Å²) in [7, 11) is -3.55. The zero-order valence-electron chi connectivity index (χ0n) is 12.7. The third kappa shape index (κ3) is 4.98. The Hall–Kier alpha value is -1.12. The molecule has 0 spiro atoms. The van der Waals surface area contributed by atoms with Gasteiger partial charge in [0.25, 0.3) is 0 Å². The molecule has 0 bridgehead atoms. The van der Waals surface area contributed by atoms with Gasteiger partial charge in [0, 0.05) is 31.6 Å². The van der Waals surface area contributed by atoms with E-state index >= 15 is 0 Å². The van der Waals surface area contributed by atoms with Gasteiger partial charge < -0.3 is 5.32 Å². The van der Waals surface area contributed by atoms with Crippen molar-refractivity contribution in [2.45, 2.75) is 24.8 Å². The zero-order chi connectivity index (χ0) is 16.3. The Bertz CT molecular complexity index is 665. The largest absolute Gasteiger partial charge is 0.382 e. The molecule has 0 aliphatic heterocycles. The molecular formula is C13H22N2O4S2. The van der Waals surface area contributed by atoms with Crippen molar-refractivity contribution in [1.29, 1.82) is 0 Å². The molecular weight excluding hydrogens is 312 g/mol. The number of benzene rings is 1. The molecule has 1 aromatic carbocycles. The molecule has 0 aliphatic carbocycles. The van der Waals surface area contributed by atoms with E-state index in [-0.39, 0.29) is 22.4 Å². The fourth-order valence-electron chi connectivity index (χ4n) is 1.76. The summed E-state index contributed by atoms with van der Waals surface area (Å²) < 4.78 is 48.1. The van der Waals surface area contributed by atoms with Crippen LogP contribution in [0.4, 0.5) is 5.69 Å². The molecule has 1 rings (SSSR count). The Morgan fingerprint density at radius 3 is 2.05 bits per heavy atom. The molecule has 0 heterocycles. The topological polar surface area (TPSA) is 83.5 Å². The maximum atomic E-state index is 11.9. The summed E-state index contributed by atoms with van der Waals surface area (Å²) in [5.41, 5.74) is 0.687. The highest BCUT2D eigenvalue weighted by Gasteiger charge is 2.17. The molecule has 0 aliphatic rings. The van der Waals surface area contributed by atoms with Crippen LogP contribution < -0.4 is 5.32 Å². The predicted molar refractivity (Wildman–Crippen MR) is 84.7 cm³/mol. The van der Waals surface area contributed by atoms with Crippen LogP contribution in [0.15, 0.2) is 29.2 Å². The van der Waals surface area contributed by atoms with Crippen molar-refractivity contribution in [2.75, 3.05) is 30.9 Å². The highest BCUT2D eigenvalue weighted by atomic mass is 32.2. The lowest BCUT2D eigenvalue weighted by Crippen LogP contribution is -2.26. The van der Waals surface area contributed by atoms with E-state index in [0.717, 1.165) is 4.31 Å². The van der Waals surface area contributed by atoms with E-state index in [9.17, 15) is 16.8 Å². The molecule has 120 valence electrons. The first kappa shape index (κ1) is 17.9. The van der Waals surface area contributed by atoms with E-state index < -0.39 is 19.9 Å². The lowest BCUT2D eigenvalue weighted by atomic mass is 10.3. The Morgan fingerprint density at radius 2 is 1.62 bits per heavy atom. The van der Waals surface area contributed by atoms with Gasteiger partial charge in [-0.25, -0.2) is 21.1 Å². The first-order valence-electron chi connectivity index (χ1n) is 6.58. The van der Waals surface area contributed by atoms with Crippen LogP contribution in [0, 0.1) is 0 Å². The summed E-state index contributed by atoms with van der Waals surface area (Å²) >= 11 is 0. The molecule has 0 radical (unpaired) electrons. The van der Waals surface area contributed by atoms with Crippen LogP contribution >= 0.6 is 0 Å². The molecule has 0 fully saturated rings.